The van der Waals surface area contributed by atoms with E-state index in [2.05, 4.69) is 48.0 Å². The Balaban J connectivity index is 1.40. The van der Waals surface area contributed by atoms with Crippen molar-refractivity contribution in [1.82, 2.24) is 9.88 Å². The van der Waals surface area contributed by atoms with Crippen LogP contribution in [0.3, 0.4) is 0 Å². The van der Waals surface area contributed by atoms with Crippen LogP contribution in [0, 0.1) is 29.6 Å². The Hall–Kier alpha value is -2.59. The average molecular weight is 514 g/mol. The highest BCUT2D eigenvalue weighted by atomic mass is 32.2. The van der Waals surface area contributed by atoms with Gasteiger partial charge in [-0.05, 0) is 55.7 Å². The van der Waals surface area contributed by atoms with E-state index in [1.165, 1.54) is 11.3 Å². The van der Waals surface area contributed by atoms with Gasteiger partial charge in [0.1, 0.15) is 6.54 Å². The van der Waals surface area contributed by atoms with Crippen LogP contribution in [0.5, 0.6) is 0 Å². The quantitative estimate of drug-likeness (QED) is 0.572. The number of thioether (sulfide) groups is 1. The first kappa shape index (κ1) is 22.8. The number of fused-ring (bicyclic) bond motifs is 9. The van der Waals surface area contributed by atoms with Gasteiger partial charge in [-0.25, -0.2) is 0 Å². The van der Waals surface area contributed by atoms with Crippen molar-refractivity contribution in [1.29, 1.82) is 0 Å². The Morgan fingerprint density at radius 3 is 2.37 bits per heavy atom. The lowest BCUT2D eigenvalue weighted by Gasteiger charge is -2.43. The van der Waals surface area contributed by atoms with Gasteiger partial charge in [0.05, 0.1) is 16.9 Å². The van der Waals surface area contributed by atoms with Crippen LogP contribution in [0.25, 0.3) is 0 Å². The summed E-state index contributed by atoms with van der Waals surface area (Å²) < 4.78 is 0. The van der Waals surface area contributed by atoms with Crippen LogP contribution in [0.15, 0.2) is 34.1 Å². The molecule has 7 atom stereocenters. The number of thiazole rings is 1. The number of carboxylic acid groups (broad SMARTS) is 1. The Labute approximate surface area is 210 Å². The first-order valence-electron chi connectivity index (χ1n) is 12.2. The normalized spacial score (nSPS) is 32.5. The molecule has 3 fully saturated rings. The van der Waals surface area contributed by atoms with Crippen LogP contribution in [0.1, 0.15) is 36.6 Å². The van der Waals surface area contributed by atoms with Gasteiger partial charge in [0, 0.05) is 34.8 Å². The van der Waals surface area contributed by atoms with E-state index in [0.717, 1.165) is 45.6 Å². The SMILES string of the molecule is CCN(CC)c1ccc([C@H]2c3sc(=O)[nH]c3SC3C4CC(C5C(=O)N(CC(=O)O)C(=O)C45)C32)cc1. The van der Waals surface area contributed by atoms with Gasteiger partial charge in [-0.2, -0.15) is 0 Å². The third-order valence-electron chi connectivity index (χ3n) is 8.49. The second-order valence-electron chi connectivity index (χ2n) is 9.88. The van der Waals surface area contributed by atoms with Crippen molar-refractivity contribution in [2.24, 2.45) is 29.6 Å². The predicted molar refractivity (Wildman–Crippen MR) is 133 cm³/mol. The number of rotatable bonds is 6. The van der Waals surface area contributed by atoms with Crippen molar-refractivity contribution in [2.45, 2.75) is 36.5 Å². The zero-order valence-corrected chi connectivity index (χ0v) is 21.1. The first-order valence-corrected chi connectivity index (χ1v) is 13.8. The number of benzene rings is 1. The predicted octanol–water partition coefficient (Wildman–Crippen LogP) is 2.84. The minimum Gasteiger partial charge on any atom is -0.480 e. The van der Waals surface area contributed by atoms with Gasteiger partial charge in [0.2, 0.25) is 11.8 Å². The lowest BCUT2D eigenvalue weighted by atomic mass is 9.68. The van der Waals surface area contributed by atoms with E-state index in [0.29, 0.717) is 0 Å². The molecule has 1 aromatic heterocycles. The van der Waals surface area contributed by atoms with Crippen LogP contribution in [0.2, 0.25) is 0 Å². The molecule has 2 bridgehead atoms. The van der Waals surface area contributed by atoms with Crippen molar-refractivity contribution >= 4 is 46.6 Å². The number of carboxylic acids is 1. The minimum atomic E-state index is -1.17. The Morgan fingerprint density at radius 1 is 1.09 bits per heavy atom. The van der Waals surface area contributed by atoms with E-state index < -0.39 is 24.3 Å². The number of amides is 2. The van der Waals surface area contributed by atoms with Gasteiger partial charge in [-0.3, -0.25) is 24.1 Å². The number of H-pyrrole nitrogens is 1. The van der Waals surface area contributed by atoms with Gasteiger partial charge >= 0.3 is 10.8 Å². The van der Waals surface area contributed by atoms with Crippen molar-refractivity contribution in [3.63, 3.8) is 0 Å². The van der Waals surface area contributed by atoms with E-state index in [1.54, 1.807) is 11.8 Å². The molecule has 4 aliphatic rings. The summed E-state index contributed by atoms with van der Waals surface area (Å²) >= 11 is 2.88. The number of anilines is 1. The molecule has 3 heterocycles. The van der Waals surface area contributed by atoms with E-state index >= 15 is 0 Å². The fourth-order valence-corrected chi connectivity index (χ4v) is 10.1. The molecular formula is C25H27N3O5S2. The van der Waals surface area contributed by atoms with Gasteiger partial charge in [0.25, 0.3) is 0 Å². The number of nitrogens with one attached hydrogen (secondary N) is 1. The molecule has 0 radical (unpaired) electrons. The number of aromatic amines is 1. The van der Waals surface area contributed by atoms with Crippen LogP contribution in [0.4, 0.5) is 5.69 Å². The summed E-state index contributed by atoms with van der Waals surface area (Å²) in [6.45, 7) is 5.52. The largest absolute Gasteiger partial charge is 0.480 e. The molecule has 2 aliphatic carbocycles. The van der Waals surface area contributed by atoms with Gasteiger partial charge in [-0.1, -0.05) is 23.5 Å². The maximum absolute atomic E-state index is 13.3. The molecule has 35 heavy (non-hydrogen) atoms. The summed E-state index contributed by atoms with van der Waals surface area (Å²) in [7, 11) is 0. The highest BCUT2D eigenvalue weighted by Gasteiger charge is 2.69. The number of carbonyl (C=O) groups is 3. The van der Waals surface area contributed by atoms with E-state index in [-0.39, 0.29) is 45.6 Å². The van der Waals surface area contributed by atoms with Crippen molar-refractivity contribution < 1.29 is 19.5 Å². The second-order valence-corrected chi connectivity index (χ2v) is 12.1. The Kier molecular flexibility index (Phi) is 5.37. The molecule has 10 heteroatoms. The van der Waals surface area contributed by atoms with Crippen molar-refractivity contribution in [3.8, 4) is 0 Å². The third kappa shape index (κ3) is 3.25. The Bertz CT molecular complexity index is 1270. The smallest absolute Gasteiger partial charge is 0.323 e. The van der Waals surface area contributed by atoms with Crippen LogP contribution < -0.4 is 9.77 Å². The lowest BCUT2D eigenvalue weighted by molar-refractivity contribution is -0.149. The number of carbonyl (C=O) groups excluding carboxylic acids is 2. The molecule has 0 spiro atoms. The molecule has 1 aromatic carbocycles. The first-order chi connectivity index (χ1) is 16.8. The molecular weight excluding hydrogens is 486 g/mol. The van der Waals surface area contributed by atoms with E-state index in [4.69, 9.17) is 0 Å². The number of hydrogen-bond donors (Lipinski definition) is 2. The molecule has 184 valence electrons. The van der Waals surface area contributed by atoms with Gasteiger partial charge in [0.15, 0.2) is 0 Å². The standard InChI is InChI=1S/C25H27N3O5S2/c1-3-27(4-2)12-7-5-11(6-8-12)16-17-13-9-14(20(17)34-22-21(16)35-25(33)26-22)19-18(13)23(31)28(24(19)32)10-15(29)30/h5-8,13-14,16-20H,3-4,9-10H2,1-2H3,(H,26,33)(H,29,30)/t13?,14?,16-,17?,18?,19?,20?/m1/s1. The average Bonchev–Trinajstić information content (AvgIpc) is 3.56. The van der Waals surface area contributed by atoms with Crippen molar-refractivity contribution in [2.75, 3.05) is 24.5 Å². The molecule has 2 N–H and O–H groups in total. The van der Waals surface area contributed by atoms with Crippen LogP contribution >= 0.6 is 23.1 Å². The number of hydrogen-bond acceptors (Lipinski definition) is 7. The third-order valence-corrected chi connectivity index (χ3v) is 11.1. The summed E-state index contributed by atoms with van der Waals surface area (Å²) in [5.74, 6) is -2.65. The number of likely N-dealkylation sites (tertiary alicyclic amines) is 1. The summed E-state index contributed by atoms with van der Waals surface area (Å²) in [5, 5.41) is 10.2. The fourth-order valence-electron chi connectivity index (χ4n) is 7.22. The monoisotopic (exact) mass is 513 g/mol. The van der Waals surface area contributed by atoms with Gasteiger partial charge in [-0.15, -0.1) is 11.8 Å². The van der Waals surface area contributed by atoms with Crippen LogP contribution in [-0.4, -0.2) is 57.7 Å². The zero-order chi connectivity index (χ0) is 24.6. The lowest BCUT2D eigenvalue weighted by Crippen LogP contribution is -2.42. The zero-order valence-electron chi connectivity index (χ0n) is 19.5. The summed E-state index contributed by atoms with van der Waals surface area (Å²) in [4.78, 5) is 57.2. The van der Waals surface area contributed by atoms with Crippen LogP contribution in [-0.2, 0) is 14.4 Å². The number of aromatic nitrogens is 1. The summed E-state index contributed by atoms with van der Waals surface area (Å²) in [6, 6.07) is 8.54. The molecule has 8 nitrogen and oxygen atoms in total. The molecule has 2 amide bonds. The maximum atomic E-state index is 13.3. The highest BCUT2D eigenvalue weighted by Crippen LogP contribution is 2.68. The molecule has 2 aliphatic heterocycles. The summed E-state index contributed by atoms with van der Waals surface area (Å²) in [5.41, 5.74) is 2.27. The molecule has 6 unspecified atom stereocenters. The second kappa shape index (κ2) is 8.23. The Morgan fingerprint density at radius 2 is 1.74 bits per heavy atom. The van der Waals surface area contributed by atoms with Gasteiger partial charge < -0.3 is 15.0 Å². The van der Waals surface area contributed by atoms with E-state index in [1.807, 2.05) is 0 Å². The maximum Gasteiger partial charge on any atom is 0.323 e. The molecule has 6 rings (SSSR count). The summed E-state index contributed by atoms with van der Waals surface area (Å²) in [6.07, 6.45) is 0.795. The van der Waals surface area contributed by atoms with Crippen molar-refractivity contribution in [3.05, 3.63) is 44.4 Å². The fraction of sp³-hybridized carbons (Fsp3) is 0.520. The minimum absolute atomic E-state index is 0.00393. The number of nitrogens with zero attached hydrogens (tertiary/aromatic N) is 2. The molecule has 2 aromatic rings. The molecule has 2 saturated carbocycles. The topological polar surface area (TPSA) is 111 Å². The number of aliphatic carboxylic acids is 1. The highest BCUT2D eigenvalue weighted by molar-refractivity contribution is 8.00. The number of imide groups is 1. The van der Waals surface area contributed by atoms with E-state index in [9.17, 15) is 24.3 Å². The molecule has 1 saturated heterocycles.